The van der Waals surface area contributed by atoms with Gasteiger partial charge in [0.2, 0.25) is 10.0 Å². The first kappa shape index (κ1) is 14.9. The molecular weight excluding hydrogens is 258 g/mol. The average molecular weight is 275 g/mol. The molecule has 0 saturated heterocycles. The number of phenolic OH excluding ortho intramolecular Hbond substituents is 1. The van der Waals surface area contributed by atoms with E-state index in [1.807, 2.05) is 0 Å². The van der Waals surface area contributed by atoms with Gasteiger partial charge in [0, 0.05) is 13.1 Å². The highest BCUT2D eigenvalue weighted by atomic mass is 32.2. The fourth-order valence-electron chi connectivity index (χ4n) is 1.55. The maximum atomic E-state index is 12.2. The molecule has 0 aromatic heterocycles. The summed E-state index contributed by atoms with van der Waals surface area (Å²) in [4.78, 5) is -0.218. The first-order chi connectivity index (χ1) is 8.45. The van der Waals surface area contributed by atoms with Crippen molar-refractivity contribution >= 4 is 10.0 Å². The van der Waals surface area contributed by atoms with Crippen LogP contribution in [0.3, 0.4) is 0 Å². The Kier molecular flexibility index (Phi) is 5.09. The molecule has 0 aliphatic carbocycles. The molecule has 1 aromatic rings. The Morgan fingerprint density at radius 3 is 2.22 bits per heavy atom. The van der Waals surface area contributed by atoms with Crippen molar-refractivity contribution in [2.24, 2.45) is 0 Å². The third-order valence-electron chi connectivity index (χ3n) is 2.52. The zero-order valence-corrected chi connectivity index (χ0v) is 10.9. The molecule has 1 aromatic carbocycles. The van der Waals surface area contributed by atoms with Crippen LogP contribution in [0.4, 0.5) is 0 Å². The van der Waals surface area contributed by atoms with Crippen molar-refractivity contribution in [2.45, 2.75) is 11.8 Å². The highest BCUT2D eigenvalue weighted by Gasteiger charge is 2.26. The Bertz CT molecular complexity index is 494. The van der Waals surface area contributed by atoms with Gasteiger partial charge in [-0.05, 0) is 18.6 Å². The van der Waals surface area contributed by atoms with Gasteiger partial charge in [-0.1, -0.05) is 12.1 Å². The molecular formula is C11H17NO5S. The van der Waals surface area contributed by atoms with E-state index in [1.165, 1.54) is 12.1 Å². The van der Waals surface area contributed by atoms with Crippen molar-refractivity contribution in [1.82, 2.24) is 4.31 Å². The predicted molar refractivity (Wildman–Crippen MR) is 65.8 cm³/mol. The number of rotatable bonds is 6. The van der Waals surface area contributed by atoms with E-state index in [0.717, 1.165) is 4.31 Å². The van der Waals surface area contributed by atoms with Gasteiger partial charge in [0.1, 0.15) is 10.6 Å². The second kappa shape index (κ2) is 6.14. The third-order valence-corrected chi connectivity index (χ3v) is 4.45. The molecule has 6 nitrogen and oxygen atoms in total. The van der Waals surface area contributed by atoms with Crippen molar-refractivity contribution in [1.29, 1.82) is 0 Å². The number of para-hydroxylation sites is 1. The minimum atomic E-state index is -3.92. The van der Waals surface area contributed by atoms with E-state index in [4.69, 9.17) is 10.2 Å². The molecule has 0 spiro atoms. The number of benzene rings is 1. The number of hydrogen-bond acceptors (Lipinski definition) is 5. The van der Waals surface area contributed by atoms with Gasteiger partial charge in [-0.15, -0.1) is 0 Å². The number of sulfonamides is 1. The van der Waals surface area contributed by atoms with Crippen LogP contribution in [-0.4, -0.2) is 54.3 Å². The molecule has 18 heavy (non-hydrogen) atoms. The van der Waals surface area contributed by atoms with E-state index in [2.05, 4.69) is 0 Å². The summed E-state index contributed by atoms with van der Waals surface area (Å²) in [6, 6.07) is 4.41. The van der Waals surface area contributed by atoms with Gasteiger partial charge in [-0.25, -0.2) is 8.42 Å². The molecule has 0 atom stereocenters. The second-order valence-electron chi connectivity index (χ2n) is 3.77. The Balaban J connectivity index is 3.22. The lowest BCUT2D eigenvalue weighted by atomic mass is 10.2. The Morgan fingerprint density at radius 2 is 1.72 bits per heavy atom. The third kappa shape index (κ3) is 2.99. The lowest BCUT2D eigenvalue weighted by Gasteiger charge is -2.21. The van der Waals surface area contributed by atoms with Crippen molar-refractivity contribution in [3.63, 3.8) is 0 Å². The lowest BCUT2D eigenvalue weighted by Crippen LogP contribution is -2.35. The SMILES string of the molecule is Cc1cccc(S(=O)(=O)N(CCO)CCO)c1O. The Labute approximate surface area is 106 Å². The highest BCUT2D eigenvalue weighted by molar-refractivity contribution is 7.89. The number of hydrogen-bond donors (Lipinski definition) is 3. The van der Waals surface area contributed by atoms with Crippen LogP contribution in [-0.2, 0) is 10.0 Å². The van der Waals surface area contributed by atoms with Crippen molar-refractivity contribution in [2.75, 3.05) is 26.3 Å². The van der Waals surface area contributed by atoms with E-state index >= 15 is 0 Å². The molecule has 0 amide bonds. The molecule has 0 heterocycles. The Morgan fingerprint density at radius 1 is 1.17 bits per heavy atom. The molecule has 0 fully saturated rings. The van der Waals surface area contributed by atoms with Crippen LogP contribution < -0.4 is 0 Å². The molecule has 0 aliphatic heterocycles. The zero-order valence-electron chi connectivity index (χ0n) is 10.1. The molecule has 0 radical (unpaired) electrons. The quantitative estimate of drug-likeness (QED) is 0.661. The molecule has 0 saturated carbocycles. The molecule has 102 valence electrons. The van der Waals surface area contributed by atoms with Gasteiger partial charge in [0.25, 0.3) is 0 Å². The first-order valence-corrected chi connectivity index (χ1v) is 6.89. The second-order valence-corrected chi connectivity index (χ2v) is 5.68. The number of aliphatic hydroxyl groups excluding tert-OH is 2. The maximum Gasteiger partial charge on any atom is 0.246 e. The van der Waals surface area contributed by atoms with Crippen molar-refractivity contribution < 1.29 is 23.7 Å². The monoisotopic (exact) mass is 275 g/mol. The van der Waals surface area contributed by atoms with E-state index in [-0.39, 0.29) is 36.9 Å². The van der Waals surface area contributed by atoms with Crippen LogP contribution in [0.15, 0.2) is 23.1 Å². The number of aryl methyl sites for hydroxylation is 1. The number of phenols is 1. The fourth-order valence-corrected chi connectivity index (χ4v) is 3.13. The smallest absolute Gasteiger partial charge is 0.246 e. The van der Waals surface area contributed by atoms with Crippen LogP contribution in [0.25, 0.3) is 0 Å². The summed E-state index contributed by atoms with van der Waals surface area (Å²) in [6.45, 7) is 0.626. The van der Waals surface area contributed by atoms with Gasteiger partial charge in [0.05, 0.1) is 13.2 Å². The molecule has 7 heteroatoms. The summed E-state index contributed by atoms with van der Waals surface area (Å²) in [5.41, 5.74) is 0.448. The summed E-state index contributed by atoms with van der Waals surface area (Å²) >= 11 is 0. The van der Waals surface area contributed by atoms with Gasteiger partial charge < -0.3 is 15.3 Å². The average Bonchev–Trinajstić information content (AvgIpc) is 2.32. The van der Waals surface area contributed by atoms with Crippen LogP contribution in [0.1, 0.15) is 5.56 Å². The molecule has 0 aliphatic rings. The molecule has 1 rings (SSSR count). The number of aliphatic hydroxyl groups is 2. The van der Waals surface area contributed by atoms with Gasteiger partial charge in [0.15, 0.2) is 0 Å². The predicted octanol–water partition coefficient (Wildman–Crippen LogP) is -0.324. The summed E-state index contributed by atoms with van der Waals surface area (Å²) < 4.78 is 25.4. The Hall–Kier alpha value is -1.15. The molecule has 0 bridgehead atoms. The lowest BCUT2D eigenvalue weighted by molar-refractivity contribution is 0.217. The molecule has 0 unspecified atom stereocenters. The normalized spacial score (nSPS) is 12.0. The van der Waals surface area contributed by atoms with Gasteiger partial charge in [-0.2, -0.15) is 4.31 Å². The topological polar surface area (TPSA) is 98.1 Å². The van der Waals surface area contributed by atoms with Crippen LogP contribution >= 0.6 is 0 Å². The van der Waals surface area contributed by atoms with Crippen molar-refractivity contribution in [3.05, 3.63) is 23.8 Å². The van der Waals surface area contributed by atoms with Gasteiger partial charge >= 0.3 is 0 Å². The minimum absolute atomic E-state index is 0.129. The minimum Gasteiger partial charge on any atom is -0.506 e. The van der Waals surface area contributed by atoms with Crippen LogP contribution in [0, 0.1) is 6.92 Å². The fraction of sp³-hybridized carbons (Fsp3) is 0.455. The van der Waals surface area contributed by atoms with Crippen LogP contribution in [0.2, 0.25) is 0 Å². The van der Waals surface area contributed by atoms with E-state index < -0.39 is 10.0 Å². The summed E-state index contributed by atoms with van der Waals surface area (Å²) in [5, 5.41) is 27.5. The van der Waals surface area contributed by atoms with E-state index in [0.29, 0.717) is 5.56 Å². The molecule has 3 N–H and O–H groups in total. The summed E-state index contributed by atoms with van der Waals surface area (Å²) in [6.07, 6.45) is 0. The highest BCUT2D eigenvalue weighted by Crippen LogP contribution is 2.28. The standard InChI is InChI=1S/C11H17NO5S/c1-9-3-2-4-10(11(9)15)18(16,17)12(5-7-13)6-8-14/h2-4,13-15H,5-8H2,1H3. The van der Waals surface area contributed by atoms with Crippen LogP contribution in [0.5, 0.6) is 5.75 Å². The first-order valence-electron chi connectivity index (χ1n) is 5.45. The van der Waals surface area contributed by atoms with E-state index in [1.54, 1.807) is 13.0 Å². The van der Waals surface area contributed by atoms with E-state index in [9.17, 15) is 13.5 Å². The zero-order chi connectivity index (χ0) is 13.8. The maximum absolute atomic E-state index is 12.2. The largest absolute Gasteiger partial charge is 0.506 e. The summed E-state index contributed by atoms with van der Waals surface area (Å²) in [5.74, 6) is -0.307. The van der Waals surface area contributed by atoms with Gasteiger partial charge in [-0.3, -0.25) is 0 Å². The summed E-state index contributed by atoms with van der Waals surface area (Å²) in [7, 11) is -3.92. The number of nitrogens with zero attached hydrogens (tertiary/aromatic N) is 1. The van der Waals surface area contributed by atoms with Crippen molar-refractivity contribution in [3.8, 4) is 5.75 Å². The number of aromatic hydroxyl groups is 1.